The van der Waals surface area contributed by atoms with Gasteiger partial charge in [0.05, 0.1) is 6.54 Å². The molecule has 0 aliphatic carbocycles. The second kappa shape index (κ2) is 5.76. The zero-order valence-electron chi connectivity index (χ0n) is 10.9. The normalized spacial score (nSPS) is 15.5. The third-order valence-electron chi connectivity index (χ3n) is 3.51. The van der Waals surface area contributed by atoms with Crippen LogP contribution in [0, 0.1) is 6.92 Å². The minimum absolute atomic E-state index is 0.177. The summed E-state index contributed by atoms with van der Waals surface area (Å²) in [4.78, 5) is 13.9. The van der Waals surface area contributed by atoms with Gasteiger partial charge in [0, 0.05) is 24.5 Å². The lowest BCUT2D eigenvalue weighted by atomic mass is 10.1. The largest absolute Gasteiger partial charge is 0.398 e. The minimum Gasteiger partial charge on any atom is -0.398 e. The van der Waals surface area contributed by atoms with Crippen LogP contribution in [0.4, 0.5) is 11.4 Å². The molecule has 4 heteroatoms. The fraction of sp³-hybridized carbons (Fsp3) is 0.500. The van der Waals surface area contributed by atoms with Crippen LogP contribution < -0.4 is 11.1 Å². The van der Waals surface area contributed by atoms with Crippen molar-refractivity contribution in [3.05, 3.63) is 23.8 Å². The molecule has 18 heavy (non-hydrogen) atoms. The summed E-state index contributed by atoms with van der Waals surface area (Å²) in [6.45, 7) is 4.11. The van der Waals surface area contributed by atoms with Crippen LogP contribution >= 0.6 is 0 Å². The first kappa shape index (κ1) is 12.7. The standard InChI is InChI=1S/C14H21N3O/c1-11-12(15)6-5-7-13(11)16-10-14(18)17-8-3-2-4-9-17/h5-7,16H,2-4,8-10,15H2,1H3. The third-order valence-corrected chi connectivity index (χ3v) is 3.51. The molecule has 2 rings (SSSR count). The highest BCUT2D eigenvalue weighted by Gasteiger charge is 2.16. The average Bonchev–Trinajstić information content (AvgIpc) is 2.41. The lowest BCUT2D eigenvalue weighted by molar-refractivity contribution is -0.130. The maximum atomic E-state index is 12.0. The van der Waals surface area contributed by atoms with E-state index in [0.717, 1.165) is 42.9 Å². The van der Waals surface area contributed by atoms with E-state index in [4.69, 9.17) is 5.73 Å². The molecule has 0 unspecified atom stereocenters. The van der Waals surface area contributed by atoms with Crippen LogP contribution in [0.2, 0.25) is 0 Å². The van der Waals surface area contributed by atoms with E-state index in [9.17, 15) is 4.79 Å². The van der Waals surface area contributed by atoms with Crippen LogP contribution in [0.25, 0.3) is 0 Å². The third kappa shape index (κ3) is 2.94. The maximum Gasteiger partial charge on any atom is 0.241 e. The van der Waals surface area contributed by atoms with Gasteiger partial charge in [-0.25, -0.2) is 0 Å². The predicted octanol–water partition coefficient (Wildman–Crippen LogP) is 2.00. The molecule has 1 aliphatic heterocycles. The van der Waals surface area contributed by atoms with Crippen molar-refractivity contribution in [1.29, 1.82) is 0 Å². The molecule has 0 aromatic heterocycles. The fourth-order valence-electron chi connectivity index (χ4n) is 2.27. The number of hydrogen-bond acceptors (Lipinski definition) is 3. The molecule has 0 radical (unpaired) electrons. The smallest absolute Gasteiger partial charge is 0.241 e. The van der Waals surface area contributed by atoms with E-state index in [1.165, 1.54) is 6.42 Å². The van der Waals surface area contributed by atoms with Crippen LogP contribution in [0.3, 0.4) is 0 Å². The summed E-state index contributed by atoms with van der Waals surface area (Å²) in [5.74, 6) is 0.177. The number of anilines is 2. The number of likely N-dealkylation sites (tertiary alicyclic amines) is 1. The number of nitrogen functional groups attached to an aromatic ring is 1. The van der Waals surface area contributed by atoms with E-state index in [1.807, 2.05) is 30.0 Å². The van der Waals surface area contributed by atoms with Crippen molar-refractivity contribution in [3.63, 3.8) is 0 Å². The number of nitrogens with two attached hydrogens (primary N) is 1. The molecule has 1 saturated heterocycles. The van der Waals surface area contributed by atoms with Crippen LogP contribution in [0.1, 0.15) is 24.8 Å². The van der Waals surface area contributed by atoms with E-state index in [1.54, 1.807) is 0 Å². The molecule has 4 nitrogen and oxygen atoms in total. The number of piperidine rings is 1. The van der Waals surface area contributed by atoms with Gasteiger partial charge in [0.2, 0.25) is 5.91 Å². The summed E-state index contributed by atoms with van der Waals surface area (Å²) >= 11 is 0. The first-order valence-corrected chi connectivity index (χ1v) is 6.55. The molecule has 1 fully saturated rings. The fourth-order valence-corrected chi connectivity index (χ4v) is 2.27. The molecule has 0 saturated carbocycles. The molecule has 98 valence electrons. The quantitative estimate of drug-likeness (QED) is 0.803. The highest BCUT2D eigenvalue weighted by molar-refractivity contribution is 5.81. The van der Waals surface area contributed by atoms with Crippen molar-refractivity contribution in [3.8, 4) is 0 Å². The Morgan fingerprint density at radius 1 is 1.33 bits per heavy atom. The zero-order chi connectivity index (χ0) is 13.0. The minimum atomic E-state index is 0.177. The zero-order valence-corrected chi connectivity index (χ0v) is 10.9. The van der Waals surface area contributed by atoms with Gasteiger partial charge in [-0.1, -0.05) is 6.07 Å². The van der Waals surface area contributed by atoms with Gasteiger partial charge in [-0.2, -0.15) is 0 Å². The molecular weight excluding hydrogens is 226 g/mol. The van der Waals surface area contributed by atoms with Crippen molar-refractivity contribution in [1.82, 2.24) is 4.90 Å². The summed E-state index contributed by atoms with van der Waals surface area (Å²) in [6.07, 6.45) is 3.50. The summed E-state index contributed by atoms with van der Waals surface area (Å²) < 4.78 is 0. The topological polar surface area (TPSA) is 58.4 Å². The van der Waals surface area contributed by atoms with E-state index in [-0.39, 0.29) is 5.91 Å². The van der Waals surface area contributed by atoms with Crippen molar-refractivity contribution in [2.75, 3.05) is 30.7 Å². The van der Waals surface area contributed by atoms with E-state index in [0.29, 0.717) is 6.54 Å². The number of hydrogen-bond donors (Lipinski definition) is 2. The van der Waals surface area contributed by atoms with Crippen LogP contribution in [0.15, 0.2) is 18.2 Å². The lowest BCUT2D eigenvalue weighted by Gasteiger charge is -2.27. The Labute approximate surface area is 108 Å². The SMILES string of the molecule is Cc1c(N)cccc1NCC(=O)N1CCCCC1. The Kier molecular flexibility index (Phi) is 4.07. The molecule has 0 spiro atoms. The van der Waals surface area contributed by atoms with Gasteiger partial charge in [0.1, 0.15) is 0 Å². The van der Waals surface area contributed by atoms with Crippen LogP contribution in [-0.4, -0.2) is 30.4 Å². The highest BCUT2D eigenvalue weighted by atomic mass is 16.2. The second-order valence-electron chi connectivity index (χ2n) is 4.81. The van der Waals surface area contributed by atoms with Gasteiger partial charge in [-0.05, 0) is 43.9 Å². The monoisotopic (exact) mass is 247 g/mol. The summed E-state index contributed by atoms with van der Waals surface area (Å²) in [5, 5.41) is 3.18. The van der Waals surface area contributed by atoms with E-state index >= 15 is 0 Å². The molecule has 1 heterocycles. The van der Waals surface area contributed by atoms with Crippen molar-refractivity contribution < 1.29 is 4.79 Å². The lowest BCUT2D eigenvalue weighted by Crippen LogP contribution is -2.39. The van der Waals surface area contributed by atoms with Gasteiger partial charge in [-0.15, -0.1) is 0 Å². The Balaban J connectivity index is 1.90. The van der Waals surface area contributed by atoms with Gasteiger partial charge >= 0.3 is 0 Å². The van der Waals surface area contributed by atoms with Crippen molar-refractivity contribution in [2.24, 2.45) is 0 Å². The number of carbonyl (C=O) groups excluding carboxylic acids is 1. The molecule has 1 aromatic rings. The average molecular weight is 247 g/mol. The van der Waals surface area contributed by atoms with Crippen LogP contribution in [0.5, 0.6) is 0 Å². The second-order valence-corrected chi connectivity index (χ2v) is 4.81. The van der Waals surface area contributed by atoms with E-state index < -0.39 is 0 Å². The molecule has 1 aliphatic rings. The first-order chi connectivity index (χ1) is 8.68. The molecule has 3 N–H and O–H groups in total. The summed E-state index contributed by atoms with van der Waals surface area (Å²) in [6, 6.07) is 5.72. The Hall–Kier alpha value is -1.71. The van der Waals surface area contributed by atoms with Gasteiger partial charge in [0.25, 0.3) is 0 Å². The number of carbonyl (C=O) groups is 1. The molecule has 0 bridgehead atoms. The first-order valence-electron chi connectivity index (χ1n) is 6.55. The summed E-state index contributed by atoms with van der Waals surface area (Å²) in [7, 11) is 0. The van der Waals surface area contributed by atoms with Crippen molar-refractivity contribution >= 4 is 17.3 Å². The molecular formula is C14H21N3O. The highest BCUT2D eigenvalue weighted by Crippen LogP contribution is 2.20. The Morgan fingerprint density at radius 3 is 2.78 bits per heavy atom. The number of amides is 1. The number of rotatable bonds is 3. The number of nitrogens with one attached hydrogen (secondary N) is 1. The van der Waals surface area contributed by atoms with Gasteiger partial charge in [-0.3, -0.25) is 4.79 Å². The van der Waals surface area contributed by atoms with Crippen LogP contribution in [-0.2, 0) is 4.79 Å². The molecule has 0 atom stereocenters. The maximum absolute atomic E-state index is 12.0. The molecule has 1 amide bonds. The summed E-state index contributed by atoms with van der Waals surface area (Å²) in [5.41, 5.74) is 8.54. The van der Waals surface area contributed by atoms with Crippen molar-refractivity contribution in [2.45, 2.75) is 26.2 Å². The Morgan fingerprint density at radius 2 is 2.06 bits per heavy atom. The van der Waals surface area contributed by atoms with E-state index in [2.05, 4.69) is 5.32 Å². The van der Waals surface area contributed by atoms with Gasteiger partial charge in [0.15, 0.2) is 0 Å². The number of nitrogens with zero attached hydrogens (tertiary/aromatic N) is 1. The Bertz CT molecular complexity index is 425. The number of benzene rings is 1. The predicted molar refractivity (Wildman–Crippen MR) is 74.5 cm³/mol. The molecule has 1 aromatic carbocycles. The van der Waals surface area contributed by atoms with Gasteiger partial charge < -0.3 is 16.0 Å².